The van der Waals surface area contributed by atoms with Crippen LogP contribution in [-0.4, -0.2) is 64.4 Å². The van der Waals surface area contributed by atoms with Gasteiger partial charge in [0.25, 0.3) is 0 Å². The van der Waals surface area contributed by atoms with Crippen LogP contribution in [0.3, 0.4) is 0 Å². The summed E-state index contributed by atoms with van der Waals surface area (Å²) in [7, 11) is 1.34. The van der Waals surface area contributed by atoms with E-state index in [2.05, 4.69) is 27.3 Å². The van der Waals surface area contributed by atoms with Crippen molar-refractivity contribution >= 4 is 40.0 Å². The molecule has 1 saturated heterocycles. The van der Waals surface area contributed by atoms with Gasteiger partial charge in [0.2, 0.25) is 10.0 Å². The van der Waals surface area contributed by atoms with Crippen LogP contribution in [0.2, 0.25) is 0 Å². The molecule has 9 heteroatoms. The molecule has 1 aliphatic heterocycles. The summed E-state index contributed by atoms with van der Waals surface area (Å²) in [6, 6.07) is 17.3. The smallest absolute Gasteiger partial charge is 0.242 e. The molecule has 0 aromatic heterocycles. The standard InChI is InChI=1S/C23H32N4O3S.HI/c1-24-23(25-15-21-11-7-8-12-22(21)31(28,29)26(2)3)27-14-13-20(16-27)18-30-17-19-9-5-4-6-10-19;/h4-12,20H,13-18H2,1-3H3,(H,24,25);1H. The van der Waals surface area contributed by atoms with E-state index in [1.807, 2.05) is 30.3 Å². The fraction of sp³-hybridized carbons (Fsp3) is 0.435. The van der Waals surface area contributed by atoms with Gasteiger partial charge in [0.15, 0.2) is 5.96 Å². The normalized spacial score (nSPS) is 16.8. The first-order valence-corrected chi connectivity index (χ1v) is 11.9. The number of guanidine groups is 1. The molecule has 2 aromatic carbocycles. The molecule has 0 amide bonds. The van der Waals surface area contributed by atoms with E-state index in [0.717, 1.165) is 31.0 Å². The Labute approximate surface area is 208 Å². The van der Waals surface area contributed by atoms with E-state index >= 15 is 0 Å². The van der Waals surface area contributed by atoms with Crippen LogP contribution in [-0.2, 0) is 27.9 Å². The van der Waals surface area contributed by atoms with Crippen molar-refractivity contribution in [1.29, 1.82) is 0 Å². The van der Waals surface area contributed by atoms with Crippen LogP contribution in [0, 0.1) is 5.92 Å². The van der Waals surface area contributed by atoms with Crippen molar-refractivity contribution in [3.63, 3.8) is 0 Å². The van der Waals surface area contributed by atoms with Crippen LogP contribution >= 0.6 is 24.0 Å². The summed E-state index contributed by atoms with van der Waals surface area (Å²) in [5.41, 5.74) is 1.90. The number of aliphatic imine (C=N–C) groups is 1. The molecule has 176 valence electrons. The van der Waals surface area contributed by atoms with Gasteiger partial charge in [-0.25, -0.2) is 12.7 Å². The number of nitrogens with one attached hydrogen (secondary N) is 1. The zero-order chi connectivity index (χ0) is 22.3. The van der Waals surface area contributed by atoms with Gasteiger partial charge in [0.05, 0.1) is 18.1 Å². The topological polar surface area (TPSA) is 74.2 Å². The van der Waals surface area contributed by atoms with Gasteiger partial charge < -0.3 is 15.0 Å². The molecule has 1 atom stereocenters. The highest BCUT2D eigenvalue weighted by molar-refractivity contribution is 14.0. The van der Waals surface area contributed by atoms with Crippen LogP contribution in [0.15, 0.2) is 64.5 Å². The molecule has 7 nitrogen and oxygen atoms in total. The molecule has 1 aliphatic rings. The van der Waals surface area contributed by atoms with Crippen LogP contribution in [0.1, 0.15) is 17.5 Å². The lowest BCUT2D eigenvalue weighted by atomic mass is 10.1. The predicted octanol–water partition coefficient (Wildman–Crippen LogP) is 3.17. The fourth-order valence-electron chi connectivity index (χ4n) is 3.68. The quantitative estimate of drug-likeness (QED) is 0.299. The molecule has 0 radical (unpaired) electrons. The Morgan fingerprint density at radius 1 is 1.16 bits per heavy atom. The highest BCUT2D eigenvalue weighted by Gasteiger charge is 2.26. The van der Waals surface area contributed by atoms with E-state index in [4.69, 9.17) is 4.74 Å². The first kappa shape index (κ1) is 26.6. The molecule has 0 aliphatic carbocycles. The lowest BCUT2D eigenvalue weighted by Gasteiger charge is -2.22. The molecule has 0 saturated carbocycles. The van der Waals surface area contributed by atoms with Crippen molar-refractivity contribution in [2.75, 3.05) is 40.8 Å². The Bertz CT molecular complexity index is 984. The molecule has 3 rings (SSSR count). The predicted molar refractivity (Wildman–Crippen MR) is 139 cm³/mol. The maximum Gasteiger partial charge on any atom is 0.242 e. The number of hydrogen-bond acceptors (Lipinski definition) is 4. The van der Waals surface area contributed by atoms with Crippen molar-refractivity contribution in [2.24, 2.45) is 10.9 Å². The van der Waals surface area contributed by atoms with Crippen LogP contribution in [0.5, 0.6) is 0 Å². The highest BCUT2D eigenvalue weighted by atomic mass is 127. The average Bonchev–Trinajstić information content (AvgIpc) is 3.24. The maximum atomic E-state index is 12.6. The largest absolute Gasteiger partial charge is 0.376 e. The second kappa shape index (κ2) is 12.5. The Morgan fingerprint density at radius 3 is 2.53 bits per heavy atom. The molecule has 1 unspecified atom stereocenters. The number of halogens is 1. The molecule has 0 bridgehead atoms. The summed E-state index contributed by atoms with van der Waals surface area (Å²) in [6.45, 7) is 3.50. The van der Waals surface area contributed by atoms with E-state index in [1.54, 1.807) is 33.3 Å². The van der Waals surface area contributed by atoms with Crippen LogP contribution in [0.25, 0.3) is 0 Å². The van der Waals surface area contributed by atoms with Gasteiger partial charge in [0, 0.05) is 46.7 Å². The SMILES string of the molecule is CN=C(NCc1ccccc1S(=O)(=O)N(C)C)N1CCC(COCc2ccccc2)C1.I. The minimum Gasteiger partial charge on any atom is -0.376 e. The molecule has 0 spiro atoms. The van der Waals surface area contributed by atoms with Crippen LogP contribution in [0.4, 0.5) is 0 Å². The third-order valence-corrected chi connectivity index (χ3v) is 7.35. The molecular formula is C23H33IN4O3S. The average molecular weight is 573 g/mol. The Hall–Kier alpha value is -1.69. The Morgan fingerprint density at radius 2 is 1.84 bits per heavy atom. The summed E-state index contributed by atoms with van der Waals surface area (Å²) in [5, 5.41) is 3.33. The Balaban J connectivity index is 0.00000363. The van der Waals surface area contributed by atoms with E-state index in [-0.39, 0.29) is 24.0 Å². The van der Waals surface area contributed by atoms with Gasteiger partial charge in [-0.1, -0.05) is 48.5 Å². The number of benzene rings is 2. The van der Waals surface area contributed by atoms with E-state index in [9.17, 15) is 8.42 Å². The van der Waals surface area contributed by atoms with Gasteiger partial charge in [-0.3, -0.25) is 4.99 Å². The number of ether oxygens (including phenoxy) is 1. The van der Waals surface area contributed by atoms with E-state index in [1.165, 1.54) is 9.87 Å². The summed E-state index contributed by atoms with van der Waals surface area (Å²) in [4.78, 5) is 6.93. The summed E-state index contributed by atoms with van der Waals surface area (Å²) in [6.07, 6.45) is 1.04. The fourth-order valence-corrected chi connectivity index (χ4v) is 4.80. The van der Waals surface area contributed by atoms with E-state index in [0.29, 0.717) is 30.6 Å². The van der Waals surface area contributed by atoms with Crippen molar-refractivity contribution in [3.05, 3.63) is 65.7 Å². The second-order valence-electron chi connectivity index (χ2n) is 7.90. The monoisotopic (exact) mass is 572 g/mol. The third kappa shape index (κ3) is 6.90. The van der Waals surface area contributed by atoms with Crippen molar-refractivity contribution in [2.45, 2.75) is 24.5 Å². The van der Waals surface area contributed by atoms with Gasteiger partial charge in [-0.15, -0.1) is 24.0 Å². The summed E-state index contributed by atoms with van der Waals surface area (Å²) in [5.74, 6) is 1.23. The van der Waals surface area contributed by atoms with E-state index < -0.39 is 10.0 Å². The minimum atomic E-state index is -3.50. The summed E-state index contributed by atoms with van der Waals surface area (Å²) < 4.78 is 32.4. The molecular weight excluding hydrogens is 539 g/mol. The van der Waals surface area contributed by atoms with Crippen molar-refractivity contribution in [1.82, 2.24) is 14.5 Å². The zero-order valence-corrected chi connectivity index (χ0v) is 22.0. The first-order valence-electron chi connectivity index (χ1n) is 10.5. The van der Waals surface area contributed by atoms with Gasteiger partial charge in [-0.2, -0.15) is 0 Å². The third-order valence-electron chi connectivity index (χ3n) is 5.43. The first-order chi connectivity index (χ1) is 14.9. The van der Waals surface area contributed by atoms with Gasteiger partial charge in [-0.05, 0) is 23.6 Å². The number of sulfonamides is 1. The molecule has 2 aromatic rings. The Kier molecular flexibility index (Phi) is 10.4. The second-order valence-corrected chi connectivity index (χ2v) is 10.0. The molecule has 1 N–H and O–H groups in total. The lowest BCUT2D eigenvalue weighted by Crippen LogP contribution is -2.40. The summed E-state index contributed by atoms with van der Waals surface area (Å²) >= 11 is 0. The molecule has 1 fully saturated rings. The maximum absolute atomic E-state index is 12.6. The number of nitrogens with zero attached hydrogens (tertiary/aromatic N) is 3. The molecule has 1 heterocycles. The number of hydrogen-bond donors (Lipinski definition) is 1. The minimum absolute atomic E-state index is 0. The highest BCUT2D eigenvalue weighted by Crippen LogP contribution is 2.20. The lowest BCUT2D eigenvalue weighted by molar-refractivity contribution is 0.0906. The zero-order valence-electron chi connectivity index (χ0n) is 18.9. The number of rotatable bonds is 8. The van der Waals surface area contributed by atoms with Crippen LogP contribution < -0.4 is 5.32 Å². The van der Waals surface area contributed by atoms with Gasteiger partial charge >= 0.3 is 0 Å². The molecule has 32 heavy (non-hydrogen) atoms. The number of likely N-dealkylation sites (tertiary alicyclic amines) is 1. The van der Waals surface area contributed by atoms with Crippen molar-refractivity contribution in [3.8, 4) is 0 Å². The van der Waals surface area contributed by atoms with Crippen molar-refractivity contribution < 1.29 is 13.2 Å². The van der Waals surface area contributed by atoms with Gasteiger partial charge in [0.1, 0.15) is 0 Å².